The SMILES string of the molecule is CC(N)C1(c2cccc3c(Br)[nH]nc23)CC1. The second-order valence-corrected chi connectivity index (χ2v) is 5.48. The van der Waals surface area contributed by atoms with Gasteiger partial charge >= 0.3 is 0 Å². The molecule has 1 aromatic carbocycles. The molecule has 1 saturated carbocycles. The van der Waals surface area contributed by atoms with Gasteiger partial charge in [0.1, 0.15) is 4.60 Å². The maximum Gasteiger partial charge on any atom is 0.108 e. The van der Waals surface area contributed by atoms with E-state index in [9.17, 15) is 0 Å². The van der Waals surface area contributed by atoms with Crippen molar-refractivity contribution in [2.75, 3.05) is 0 Å². The number of nitrogens with two attached hydrogens (primary N) is 1. The molecule has 3 nitrogen and oxygen atoms in total. The van der Waals surface area contributed by atoms with E-state index < -0.39 is 0 Å². The lowest BCUT2D eigenvalue weighted by molar-refractivity contribution is 0.559. The van der Waals surface area contributed by atoms with Crippen molar-refractivity contribution < 1.29 is 0 Å². The Balaban J connectivity index is 2.25. The van der Waals surface area contributed by atoms with Gasteiger partial charge in [-0.05, 0) is 41.3 Å². The highest BCUT2D eigenvalue weighted by molar-refractivity contribution is 9.10. The van der Waals surface area contributed by atoms with Gasteiger partial charge in [0.05, 0.1) is 5.52 Å². The Kier molecular flexibility index (Phi) is 2.13. The Hall–Kier alpha value is -0.870. The topological polar surface area (TPSA) is 54.7 Å². The number of aromatic nitrogens is 2. The van der Waals surface area contributed by atoms with E-state index in [-0.39, 0.29) is 11.5 Å². The van der Waals surface area contributed by atoms with Crippen LogP contribution in [0.25, 0.3) is 10.9 Å². The zero-order valence-corrected chi connectivity index (χ0v) is 10.7. The van der Waals surface area contributed by atoms with E-state index in [1.165, 1.54) is 18.4 Å². The fourth-order valence-corrected chi connectivity index (χ4v) is 2.92. The minimum Gasteiger partial charge on any atom is -0.327 e. The second-order valence-electron chi connectivity index (χ2n) is 4.68. The molecule has 3 N–H and O–H groups in total. The number of nitrogens with zero attached hydrogens (tertiary/aromatic N) is 1. The summed E-state index contributed by atoms with van der Waals surface area (Å²) in [7, 11) is 0. The van der Waals surface area contributed by atoms with E-state index >= 15 is 0 Å². The highest BCUT2D eigenvalue weighted by Crippen LogP contribution is 2.52. The van der Waals surface area contributed by atoms with Gasteiger partial charge in [-0.1, -0.05) is 18.2 Å². The summed E-state index contributed by atoms with van der Waals surface area (Å²) in [6, 6.07) is 6.50. The van der Waals surface area contributed by atoms with Gasteiger partial charge in [-0.25, -0.2) is 0 Å². The summed E-state index contributed by atoms with van der Waals surface area (Å²) in [5.74, 6) is 0. The van der Waals surface area contributed by atoms with Crippen molar-refractivity contribution >= 4 is 26.8 Å². The molecule has 0 aliphatic heterocycles. The predicted octanol–water partition coefficient (Wildman–Crippen LogP) is 2.70. The molecule has 1 aliphatic rings. The highest BCUT2D eigenvalue weighted by Gasteiger charge is 2.48. The first-order chi connectivity index (χ1) is 7.65. The van der Waals surface area contributed by atoms with Crippen LogP contribution in [0.2, 0.25) is 0 Å². The quantitative estimate of drug-likeness (QED) is 0.888. The zero-order valence-electron chi connectivity index (χ0n) is 9.13. The maximum atomic E-state index is 6.11. The molecule has 1 atom stereocenters. The molecule has 16 heavy (non-hydrogen) atoms. The van der Waals surface area contributed by atoms with Crippen molar-refractivity contribution in [3.8, 4) is 0 Å². The molecule has 84 valence electrons. The van der Waals surface area contributed by atoms with Gasteiger partial charge in [0.2, 0.25) is 0 Å². The lowest BCUT2D eigenvalue weighted by Gasteiger charge is -2.20. The molecule has 0 bridgehead atoms. The van der Waals surface area contributed by atoms with Gasteiger partial charge in [-0.15, -0.1) is 0 Å². The molecule has 1 aromatic heterocycles. The van der Waals surface area contributed by atoms with E-state index in [4.69, 9.17) is 5.73 Å². The third-order valence-electron chi connectivity index (χ3n) is 3.74. The molecule has 0 saturated heterocycles. The maximum absolute atomic E-state index is 6.11. The van der Waals surface area contributed by atoms with Crippen LogP contribution in [-0.4, -0.2) is 16.2 Å². The number of hydrogen-bond acceptors (Lipinski definition) is 2. The number of nitrogens with one attached hydrogen (secondary N) is 1. The number of fused-ring (bicyclic) bond motifs is 1. The Bertz CT molecular complexity index is 540. The summed E-state index contributed by atoms with van der Waals surface area (Å²) in [6.07, 6.45) is 2.35. The van der Waals surface area contributed by atoms with Crippen LogP contribution >= 0.6 is 15.9 Å². The highest BCUT2D eigenvalue weighted by atomic mass is 79.9. The zero-order chi connectivity index (χ0) is 11.3. The minimum absolute atomic E-state index is 0.161. The molecule has 0 amide bonds. The fourth-order valence-electron chi connectivity index (χ4n) is 2.51. The van der Waals surface area contributed by atoms with Crippen LogP contribution < -0.4 is 5.73 Å². The number of para-hydroxylation sites is 1. The summed E-state index contributed by atoms with van der Waals surface area (Å²) in [4.78, 5) is 0. The Labute approximate surface area is 103 Å². The summed E-state index contributed by atoms with van der Waals surface area (Å²) < 4.78 is 0.949. The number of benzene rings is 1. The average molecular weight is 280 g/mol. The largest absolute Gasteiger partial charge is 0.327 e. The summed E-state index contributed by atoms with van der Waals surface area (Å²) >= 11 is 3.48. The van der Waals surface area contributed by atoms with Crippen LogP contribution in [-0.2, 0) is 5.41 Å². The Morgan fingerprint density at radius 3 is 2.88 bits per heavy atom. The number of halogens is 1. The van der Waals surface area contributed by atoms with E-state index in [1.807, 2.05) is 0 Å². The monoisotopic (exact) mass is 279 g/mol. The molecular weight excluding hydrogens is 266 g/mol. The smallest absolute Gasteiger partial charge is 0.108 e. The first kappa shape index (κ1) is 10.3. The third-order valence-corrected chi connectivity index (χ3v) is 4.34. The molecule has 1 fully saturated rings. The van der Waals surface area contributed by atoms with Crippen molar-refractivity contribution in [3.63, 3.8) is 0 Å². The van der Waals surface area contributed by atoms with Crippen LogP contribution in [0.1, 0.15) is 25.3 Å². The molecule has 1 aliphatic carbocycles. The van der Waals surface area contributed by atoms with E-state index in [0.717, 1.165) is 15.5 Å². The summed E-state index contributed by atoms with van der Waals surface area (Å²) in [6.45, 7) is 2.09. The second kappa shape index (κ2) is 3.31. The normalized spacial score (nSPS) is 19.9. The van der Waals surface area contributed by atoms with Crippen LogP contribution in [0.15, 0.2) is 22.8 Å². The van der Waals surface area contributed by atoms with Crippen LogP contribution in [0.5, 0.6) is 0 Å². The molecular formula is C12H14BrN3. The Morgan fingerprint density at radius 2 is 2.25 bits per heavy atom. The van der Waals surface area contributed by atoms with Crippen molar-refractivity contribution in [1.29, 1.82) is 0 Å². The standard InChI is InChI=1S/C12H14BrN3/c1-7(14)12(5-6-12)9-4-2-3-8-10(9)15-16-11(8)13/h2-4,7H,5-6,14H2,1H3,(H,15,16). The van der Waals surface area contributed by atoms with E-state index in [2.05, 4.69) is 51.3 Å². The van der Waals surface area contributed by atoms with Crippen LogP contribution in [0, 0.1) is 0 Å². The van der Waals surface area contributed by atoms with Gasteiger partial charge in [0.15, 0.2) is 0 Å². The Morgan fingerprint density at radius 1 is 1.50 bits per heavy atom. The number of H-pyrrole nitrogens is 1. The number of aromatic amines is 1. The fraction of sp³-hybridized carbons (Fsp3) is 0.417. The van der Waals surface area contributed by atoms with Crippen molar-refractivity contribution in [3.05, 3.63) is 28.4 Å². The summed E-state index contributed by atoms with van der Waals surface area (Å²) in [5, 5.41) is 8.50. The lowest BCUT2D eigenvalue weighted by Crippen LogP contribution is -2.31. The number of hydrogen-bond donors (Lipinski definition) is 2. The molecule has 3 rings (SSSR count). The number of rotatable bonds is 2. The van der Waals surface area contributed by atoms with Gasteiger partial charge < -0.3 is 5.73 Å². The van der Waals surface area contributed by atoms with E-state index in [0.29, 0.717) is 0 Å². The minimum atomic E-state index is 0.161. The third kappa shape index (κ3) is 1.26. The molecule has 0 radical (unpaired) electrons. The van der Waals surface area contributed by atoms with Crippen LogP contribution in [0.4, 0.5) is 0 Å². The molecule has 1 heterocycles. The first-order valence-electron chi connectivity index (χ1n) is 5.54. The van der Waals surface area contributed by atoms with Crippen LogP contribution in [0.3, 0.4) is 0 Å². The summed E-state index contributed by atoms with van der Waals surface area (Å²) in [5.41, 5.74) is 8.63. The van der Waals surface area contributed by atoms with Gasteiger partial charge in [-0.3, -0.25) is 5.10 Å². The molecule has 1 unspecified atom stereocenters. The lowest BCUT2D eigenvalue weighted by atomic mass is 9.88. The van der Waals surface area contributed by atoms with E-state index in [1.54, 1.807) is 0 Å². The molecule has 4 heteroatoms. The average Bonchev–Trinajstić information content (AvgIpc) is 3.00. The van der Waals surface area contributed by atoms with Crippen molar-refractivity contribution in [2.24, 2.45) is 5.73 Å². The van der Waals surface area contributed by atoms with Crippen molar-refractivity contribution in [2.45, 2.75) is 31.2 Å². The van der Waals surface area contributed by atoms with Gasteiger partial charge in [0.25, 0.3) is 0 Å². The predicted molar refractivity (Wildman–Crippen MR) is 68.4 cm³/mol. The molecule has 2 aromatic rings. The van der Waals surface area contributed by atoms with Gasteiger partial charge in [-0.2, -0.15) is 5.10 Å². The molecule has 0 spiro atoms. The van der Waals surface area contributed by atoms with Crippen molar-refractivity contribution in [1.82, 2.24) is 10.2 Å². The van der Waals surface area contributed by atoms with Gasteiger partial charge in [0, 0.05) is 16.8 Å². The first-order valence-corrected chi connectivity index (χ1v) is 6.33.